The summed E-state index contributed by atoms with van der Waals surface area (Å²) in [5, 5.41) is 13.3. The van der Waals surface area contributed by atoms with E-state index < -0.39 is 29.4 Å². The molecule has 0 aromatic heterocycles. The number of benzene rings is 1. The molecule has 0 fully saturated rings. The number of rotatable bonds is 5. The molecule has 7 nitrogen and oxygen atoms in total. The van der Waals surface area contributed by atoms with Gasteiger partial charge >= 0.3 is 11.9 Å². The minimum absolute atomic E-state index is 0.00802. The maximum atomic E-state index is 12.2. The monoisotopic (exact) mass is 307 g/mol. The second-order valence-corrected chi connectivity index (χ2v) is 4.70. The first-order valence-electron chi connectivity index (χ1n) is 6.93. The molecule has 118 valence electrons. The number of carbonyl (C=O) groups excluding carboxylic acids is 3. The SMILES string of the molecule is CCOC(=O)C(C(=O)OCC)[C@@]1(O)C(=O)Nc2ccccc21. The molecule has 1 aromatic rings. The molecule has 2 rings (SSSR count). The summed E-state index contributed by atoms with van der Waals surface area (Å²) in [5.74, 6) is -4.65. The Morgan fingerprint density at radius 1 is 1.18 bits per heavy atom. The molecule has 0 aliphatic carbocycles. The molecule has 2 N–H and O–H groups in total. The predicted octanol–water partition coefficient (Wildman–Crippen LogP) is 0.569. The summed E-state index contributed by atoms with van der Waals surface area (Å²) in [6.45, 7) is 3.14. The lowest BCUT2D eigenvalue weighted by Crippen LogP contribution is -2.50. The molecule has 1 aliphatic heterocycles. The lowest BCUT2D eigenvalue weighted by molar-refractivity contribution is -0.178. The molecule has 1 heterocycles. The van der Waals surface area contributed by atoms with Crippen LogP contribution in [0.2, 0.25) is 0 Å². The van der Waals surface area contributed by atoms with E-state index in [0.29, 0.717) is 5.69 Å². The van der Waals surface area contributed by atoms with Crippen molar-refractivity contribution < 1.29 is 29.0 Å². The molecule has 1 aromatic carbocycles. The number of amides is 1. The zero-order valence-electron chi connectivity index (χ0n) is 12.3. The van der Waals surface area contributed by atoms with Crippen molar-refractivity contribution in [3.8, 4) is 0 Å². The third-order valence-corrected chi connectivity index (χ3v) is 3.39. The number of aliphatic hydroxyl groups is 1. The van der Waals surface area contributed by atoms with Crippen LogP contribution in [0, 0.1) is 5.92 Å². The number of fused-ring (bicyclic) bond motifs is 1. The Hall–Kier alpha value is -2.41. The van der Waals surface area contributed by atoms with E-state index in [2.05, 4.69) is 5.32 Å². The highest BCUT2D eigenvalue weighted by Crippen LogP contribution is 2.42. The van der Waals surface area contributed by atoms with E-state index in [4.69, 9.17) is 9.47 Å². The van der Waals surface area contributed by atoms with Gasteiger partial charge < -0.3 is 19.9 Å². The summed E-state index contributed by atoms with van der Waals surface area (Å²) in [6.07, 6.45) is 0. The largest absolute Gasteiger partial charge is 0.465 e. The van der Waals surface area contributed by atoms with Gasteiger partial charge in [-0.3, -0.25) is 14.4 Å². The van der Waals surface area contributed by atoms with Crippen LogP contribution >= 0.6 is 0 Å². The fourth-order valence-corrected chi connectivity index (χ4v) is 2.44. The smallest absolute Gasteiger partial charge is 0.324 e. The highest BCUT2D eigenvalue weighted by molar-refractivity contribution is 6.12. The van der Waals surface area contributed by atoms with E-state index in [0.717, 1.165) is 0 Å². The highest BCUT2D eigenvalue weighted by Gasteiger charge is 2.58. The van der Waals surface area contributed by atoms with Crippen molar-refractivity contribution >= 4 is 23.5 Å². The van der Waals surface area contributed by atoms with Crippen molar-refractivity contribution in [2.24, 2.45) is 5.92 Å². The summed E-state index contributed by atoms with van der Waals surface area (Å²) in [6, 6.07) is 6.29. The number of esters is 2. The fourth-order valence-electron chi connectivity index (χ4n) is 2.44. The number of ether oxygens (including phenoxy) is 2. The molecule has 0 unspecified atom stereocenters. The van der Waals surface area contributed by atoms with E-state index in [9.17, 15) is 19.5 Å². The molecule has 0 radical (unpaired) electrons. The third-order valence-electron chi connectivity index (χ3n) is 3.39. The quantitative estimate of drug-likeness (QED) is 0.609. The van der Waals surface area contributed by atoms with E-state index >= 15 is 0 Å². The van der Waals surface area contributed by atoms with Gasteiger partial charge in [-0.05, 0) is 19.9 Å². The first kappa shape index (κ1) is 16.0. The molecule has 7 heteroatoms. The molecular formula is C15H17NO6. The van der Waals surface area contributed by atoms with Crippen molar-refractivity contribution in [2.45, 2.75) is 19.4 Å². The van der Waals surface area contributed by atoms with Crippen molar-refractivity contribution in [3.63, 3.8) is 0 Å². The molecule has 1 atom stereocenters. The van der Waals surface area contributed by atoms with Gasteiger partial charge in [-0.2, -0.15) is 0 Å². The Morgan fingerprint density at radius 3 is 2.27 bits per heavy atom. The summed E-state index contributed by atoms with van der Waals surface area (Å²) in [5.41, 5.74) is -1.87. The van der Waals surface area contributed by atoms with Gasteiger partial charge in [-0.15, -0.1) is 0 Å². The lowest BCUT2D eigenvalue weighted by Gasteiger charge is -2.27. The molecule has 0 bridgehead atoms. The van der Waals surface area contributed by atoms with Crippen LogP contribution in [0.15, 0.2) is 24.3 Å². The van der Waals surface area contributed by atoms with E-state index in [1.165, 1.54) is 6.07 Å². The normalized spacial score (nSPS) is 19.5. The lowest BCUT2D eigenvalue weighted by atomic mass is 9.82. The first-order valence-corrected chi connectivity index (χ1v) is 6.93. The van der Waals surface area contributed by atoms with E-state index in [-0.39, 0.29) is 18.8 Å². The highest BCUT2D eigenvalue weighted by atomic mass is 16.6. The van der Waals surface area contributed by atoms with Gasteiger partial charge in [0, 0.05) is 11.3 Å². The third kappa shape index (κ3) is 2.43. The molecule has 22 heavy (non-hydrogen) atoms. The average Bonchev–Trinajstić information content (AvgIpc) is 2.72. The minimum atomic E-state index is -2.35. The van der Waals surface area contributed by atoms with Crippen LogP contribution in [-0.2, 0) is 29.5 Å². The second kappa shape index (κ2) is 6.15. The standard InChI is InChI=1S/C15H17NO6/c1-3-21-12(17)11(13(18)22-4-2)15(20)9-7-5-6-8-10(9)16-14(15)19/h5-8,11,20H,3-4H2,1-2H3,(H,16,19)/t15-/m1/s1. The zero-order chi connectivity index (χ0) is 16.3. The molecule has 0 saturated heterocycles. The van der Waals surface area contributed by atoms with Crippen molar-refractivity contribution in [3.05, 3.63) is 29.8 Å². The molecule has 1 amide bonds. The van der Waals surface area contributed by atoms with Gasteiger partial charge in [0.2, 0.25) is 0 Å². The van der Waals surface area contributed by atoms with Crippen LogP contribution < -0.4 is 5.32 Å². The van der Waals surface area contributed by atoms with Crippen LogP contribution in [0.25, 0.3) is 0 Å². The number of anilines is 1. The number of hydrogen-bond donors (Lipinski definition) is 2. The molecule has 0 saturated carbocycles. The Bertz CT molecular complexity index is 596. The van der Waals surface area contributed by atoms with Crippen molar-refractivity contribution in [2.75, 3.05) is 18.5 Å². The van der Waals surface area contributed by atoms with Crippen LogP contribution in [0.1, 0.15) is 19.4 Å². The molecule has 1 aliphatic rings. The van der Waals surface area contributed by atoms with Gasteiger partial charge in [0.15, 0.2) is 11.5 Å². The minimum Gasteiger partial charge on any atom is -0.465 e. The number of hydrogen-bond acceptors (Lipinski definition) is 6. The predicted molar refractivity (Wildman–Crippen MR) is 75.7 cm³/mol. The number of carbonyl (C=O) groups is 3. The first-order chi connectivity index (χ1) is 10.5. The van der Waals surface area contributed by atoms with Crippen LogP contribution in [-0.4, -0.2) is 36.2 Å². The van der Waals surface area contributed by atoms with Crippen LogP contribution in [0.5, 0.6) is 0 Å². The van der Waals surface area contributed by atoms with Gasteiger partial charge in [0.25, 0.3) is 5.91 Å². The molecule has 0 spiro atoms. The Morgan fingerprint density at radius 2 is 1.73 bits per heavy atom. The molecular weight excluding hydrogens is 290 g/mol. The van der Waals surface area contributed by atoms with Crippen molar-refractivity contribution in [1.82, 2.24) is 0 Å². The summed E-state index contributed by atoms with van der Waals surface area (Å²) in [4.78, 5) is 36.5. The summed E-state index contributed by atoms with van der Waals surface area (Å²) in [7, 11) is 0. The number of para-hydroxylation sites is 1. The maximum absolute atomic E-state index is 12.2. The number of nitrogens with one attached hydrogen (secondary N) is 1. The van der Waals surface area contributed by atoms with Crippen molar-refractivity contribution in [1.29, 1.82) is 0 Å². The van der Waals surface area contributed by atoms with Crippen LogP contribution in [0.4, 0.5) is 5.69 Å². The second-order valence-electron chi connectivity index (χ2n) is 4.70. The van der Waals surface area contributed by atoms with Gasteiger partial charge in [0.05, 0.1) is 13.2 Å². The Kier molecular flexibility index (Phi) is 4.46. The van der Waals surface area contributed by atoms with Gasteiger partial charge in [0.1, 0.15) is 0 Å². The fraction of sp³-hybridized carbons (Fsp3) is 0.400. The zero-order valence-corrected chi connectivity index (χ0v) is 12.3. The average molecular weight is 307 g/mol. The van der Waals surface area contributed by atoms with Gasteiger partial charge in [-0.25, -0.2) is 0 Å². The maximum Gasteiger partial charge on any atom is 0.324 e. The summed E-state index contributed by atoms with van der Waals surface area (Å²) >= 11 is 0. The Balaban J connectivity index is 2.52. The van der Waals surface area contributed by atoms with E-state index in [1.54, 1.807) is 32.0 Å². The summed E-state index contributed by atoms with van der Waals surface area (Å²) < 4.78 is 9.67. The van der Waals surface area contributed by atoms with Crippen LogP contribution in [0.3, 0.4) is 0 Å². The topological polar surface area (TPSA) is 102 Å². The van der Waals surface area contributed by atoms with E-state index in [1.807, 2.05) is 0 Å². The van der Waals surface area contributed by atoms with Gasteiger partial charge in [-0.1, -0.05) is 18.2 Å². The Labute approximate surface area is 127 Å².